The zero-order valence-electron chi connectivity index (χ0n) is 18.3. The van der Waals surface area contributed by atoms with Crippen molar-refractivity contribution in [3.63, 3.8) is 0 Å². The van der Waals surface area contributed by atoms with Gasteiger partial charge in [0.2, 0.25) is 0 Å². The fourth-order valence-corrected chi connectivity index (χ4v) is 4.30. The number of ether oxygens (including phenoxy) is 1. The summed E-state index contributed by atoms with van der Waals surface area (Å²) in [6.07, 6.45) is 4.26. The predicted molar refractivity (Wildman–Crippen MR) is 127 cm³/mol. The van der Waals surface area contributed by atoms with Crippen LogP contribution in [0.5, 0.6) is 11.5 Å². The molecule has 1 atom stereocenters. The highest BCUT2D eigenvalue weighted by Crippen LogP contribution is 2.35. The predicted octanol–water partition coefficient (Wildman–Crippen LogP) is 5.46. The van der Waals surface area contributed by atoms with E-state index in [-0.39, 0.29) is 5.91 Å². The van der Waals surface area contributed by atoms with Crippen LogP contribution >= 0.6 is 0 Å². The second kappa shape index (κ2) is 8.38. The number of pyridine rings is 1. The van der Waals surface area contributed by atoms with E-state index in [0.29, 0.717) is 17.2 Å². The first-order valence-electron chi connectivity index (χ1n) is 11.0. The normalized spacial score (nSPS) is 15.5. The third kappa shape index (κ3) is 3.68. The quantitative estimate of drug-likeness (QED) is 0.455. The fourth-order valence-electron chi connectivity index (χ4n) is 4.30. The molecule has 2 aromatic carbocycles. The lowest BCUT2D eigenvalue weighted by molar-refractivity contribution is 0.0965. The van der Waals surface area contributed by atoms with Crippen LogP contribution < -0.4 is 15.4 Å². The molecule has 6 heteroatoms. The Hall–Kier alpha value is -3.80. The van der Waals surface area contributed by atoms with Crippen LogP contribution in [0.1, 0.15) is 41.6 Å². The van der Waals surface area contributed by atoms with Crippen LogP contribution in [0, 0.1) is 0 Å². The zero-order chi connectivity index (χ0) is 22.1. The summed E-state index contributed by atoms with van der Waals surface area (Å²) < 4.78 is 7.72. The molecular weight excluding hydrogens is 400 g/mol. The van der Waals surface area contributed by atoms with E-state index in [0.717, 1.165) is 47.7 Å². The number of para-hydroxylation sites is 1. The molecule has 0 bridgehead atoms. The lowest BCUT2D eigenvalue weighted by Crippen LogP contribution is -2.18. The van der Waals surface area contributed by atoms with E-state index < -0.39 is 0 Å². The first-order valence-corrected chi connectivity index (χ1v) is 11.0. The summed E-state index contributed by atoms with van der Waals surface area (Å²) in [5.74, 6) is 1.79. The number of carbonyl (C=O) groups is 1. The van der Waals surface area contributed by atoms with E-state index in [1.54, 1.807) is 7.05 Å². The molecule has 4 aromatic rings. The number of nitrogens with zero attached hydrogens (tertiary/aromatic N) is 2. The van der Waals surface area contributed by atoms with Crippen molar-refractivity contribution in [2.45, 2.75) is 25.7 Å². The van der Waals surface area contributed by atoms with E-state index in [9.17, 15) is 4.79 Å². The molecule has 2 aromatic heterocycles. The first-order chi connectivity index (χ1) is 15.6. The SMILES string of the molecule is CNC(=O)c1c(-c2ccc(Oc3ccccc3)cc2)nn2cc3c(cc12)C(C)CCCN3. The van der Waals surface area contributed by atoms with E-state index in [1.807, 2.05) is 65.3 Å². The second-order valence-electron chi connectivity index (χ2n) is 8.18. The number of carbonyl (C=O) groups excluding carboxylic acids is 1. The van der Waals surface area contributed by atoms with Gasteiger partial charge in [-0.05, 0) is 66.8 Å². The van der Waals surface area contributed by atoms with Crippen LogP contribution in [0.4, 0.5) is 5.69 Å². The highest BCUT2D eigenvalue weighted by molar-refractivity contribution is 6.06. The van der Waals surface area contributed by atoms with Crippen molar-refractivity contribution in [2.75, 3.05) is 18.9 Å². The molecule has 32 heavy (non-hydrogen) atoms. The van der Waals surface area contributed by atoms with Gasteiger partial charge in [-0.25, -0.2) is 4.52 Å². The summed E-state index contributed by atoms with van der Waals surface area (Å²) in [6.45, 7) is 3.19. The molecule has 162 valence electrons. The number of benzene rings is 2. The molecule has 1 aliphatic rings. The number of rotatable bonds is 4. The van der Waals surface area contributed by atoms with Gasteiger partial charge in [0.05, 0.1) is 23.0 Å². The maximum Gasteiger partial charge on any atom is 0.255 e. The minimum atomic E-state index is -0.145. The molecule has 1 unspecified atom stereocenters. The Morgan fingerprint density at radius 1 is 1.12 bits per heavy atom. The molecule has 3 heterocycles. The third-order valence-corrected chi connectivity index (χ3v) is 6.02. The number of amides is 1. The Morgan fingerprint density at radius 3 is 2.62 bits per heavy atom. The lowest BCUT2D eigenvalue weighted by atomic mass is 9.96. The molecule has 2 N–H and O–H groups in total. The molecule has 1 amide bonds. The number of nitrogens with one attached hydrogen (secondary N) is 2. The fraction of sp³-hybridized carbons (Fsp3) is 0.231. The van der Waals surface area contributed by atoms with E-state index in [2.05, 4.69) is 23.6 Å². The smallest absolute Gasteiger partial charge is 0.255 e. The van der Waals surface area contributed by atoms with Gasteiger partial charge in [-0.15, -0.1) is 0 Å². The van der Waals surface area contributed by atoms with Crippen molar-refractivity contribution in [2.24, 2.45) is 0 Å². The van der Waals surface area contributed by atoms with Gasteiger partial charge in [-0.2, -0.15) is 5.10 Å². The van der Waals surface area contributed by atoms with Gasteiger partial charge >= 0.3 is 0 Å². The molecule has 0 aliphatic carbocycles. The monoisotopic (exact) mass is 426 g/mol. The van der Waals surface area contributed by atoms with Crippen LogP contribution in [0.3, 0.4) is 0 Å². The summed E-state index contributed by atoms with van der Waals surface area (Å²) >= 11 is 0. The minimum Gasteiger partial charge on any atom is -0.457 e. The van der Waals surface area contributed by atoms with Gasteiger partial charge < -0.3 is 15.4 Å². The molecule has 0 radical (unpaired) electrons. The van der Waals surface area contributed by atoms with Gasteiger partial charge in [-0.1, -0.05) is 25.1 Å². The summed E-state index contributed by atoms with van der Waals surface area (Å²) in [5, 5.41) is 11.1. The number of aromatic nitrogens is 2. The van der Waals surface area contributed by atoms with Crippen LogP contribution in [-0.4, -0.2) is 29.1 Å². The highest BCUT2D eigenvalue weighted by Gasteiger charge is 2.23. The molecule has 0 fully saturated rings. The zero-order valence-corrected chi connectivity index (χ0v) is 18.3. The van der Waals surface area contributed by atoms with Crippen molar-refractivity contribution < 1.29 is 9.53 Å². The maximum atomic E-state index is 12.9. The van der Waals surface area contributed by atoms with E-state index in [1.165, 1.54) is 5.56 Å². The van der Waals surface area contributed by atoms with Crippen molar-refractivity contribution >= 4 is 17.1 Å². The summed E-state index contributed by atoms with van der Waals surface area (Å²) in [4.78, 5) is 12.9. The standard InChI is InChI=1S/C26H26N4O2/c1-17-7-6-14-28-22-16-30-23(15-21(17)22)24(26(31)27-2)25(29-30)18-10-12-20(13-11-18)32-19-8-4-3-5-9-19/h3-5,8-13,15-17,28H,6-7,14H2,1-2H3,(H,27,31). The number of anilines is 1. The molecule has 6 nitrogen and oxygen atoms in total. The average molecular weight is 427 g/mol. The van der Waals surface area contributed by atoms with Crippen molar-refractivity contribution in [3.05, 3.63) is 78.0 Å². The van der Waals surface area contributed by atoms with E-state index in [4.69, 9.17) is 9.84 Å². The van der Waals surface area contributed by atoms with Gasteiger partial charge in [-0.3, -0.25) is 4.79 Å². The maximum absolute atomic E-state index is 12.9. The van der Waals surface area contributed by atoms with Gasteiger partial charge in [0, 0.05) is 19.2 Å². The minimum absolute atomic E-state index is 0.145. The van der Waals surface area contributed by atoms with Crippen LogP contribution in [-0.2, 0) is 0 Å². The van der Waals surface area contributed by atoms with Crippen molar-refractivity contribution in [1.82, 2.24) is 14.9 Å². The second-order valence-corrected chi connectivity index (χ2v) is 8.18. The molecule has 0 saturated heterocycles. The molecule has 0 saturated carbocycles. The largest absolute Gasteiger partial charge is 0.457 e. The Labute approximate surface area is 187 Å². The highest BCUT2D eigenvalue weighted by atomic mass is 16.5. The molecule has 5 rings (SSSR count). The van der Waals surface area contributed by atoms with Crippen LogP contribution in [0.25, 0.3) is 16.8 Å². The van der Waals surface area contributed by atoms with Gasteiger partial charge in [0.15, 0.2) is 0 Å². The Morgan fingerprint density at radius 2 is 1.88 bits per heavy atom. The summed E-state index contributed by atoms with van der Waals surface area (Å²) in [7, 11) is 1.65. The molecule has 1 aliphatic heterocycles. The topological polar surface area (TPSA) is 67.7 Å². The molecular formula is C26H26N4O2. The Kier molecular flexibility index (Phi) is 5.27. The average Bonchev–Trinajstić information content (AvgIpc) is 3.10. The summed E-state index contributed by atoms with van der Waals surface area (Å²) in [5.41, 5.74) is 5.25. The van der Waals surface area contributed by atoms with Crippen molar-refractivity contribution in [1.29, 1.82) is 0 Å². The third-order valence-electron chi connectivity index (χ3n) is 6.02. The number of hydrogen-bond donors (Lipinski definition) is 2. The number of hydrogen-bond acceptors (Lipinski definition) is 4. The Bertz CT molecular complexity index is 1260. The first kappa shape index (κ1) is 20.1. The Balaban J connectivity index is 1.58. The molecule has 0 spiro atoms. The van der Waals surface area contributed by atoms with E-state index >= 15 is 0 Å². The summed E-state index contributed by atoms with van der Waals surface area (Å²) in [6, 6.07) is 19.5. The van der Waals surface area contributed by atoms with Gasteiger partial charge in [0.1, 0.15) is 17.2 Å². The van der Waals surface area contributed by atoms with Crippen LogP contribution in [0.2, 0.25) is 0 Å². The lowest BCUT2D eigenvalue weighted by Gasteiger charge is -2.13. The van der Waals surface area contributed by atoms with Gasteiger partial charge in [0.25, 0.3) is 5.91 Å². The number of fused-ring (bicyclic) bond motifs is 2. The van der Waals surface area contributed by atoms with Crippen LogP contribution in [0.15, 0.2) is 66.9 Å². The van der Waals surface area contributed by atoms with Crippen molar-refractivity contribution in [3.8, 4) is 22.8 Å².